The Labute approximate surface area is 129 Å². The largest absolute Gasteiger partial charge is 0.497 e. The zero-order chi connectivity index (χ0) is 14.2. The third-order valence-corrected chi connectivity index (χ3v) is 5.87. The van der Waals surface area contributed by atoms with Gasteiger partial charge in [0.05, 0.1) is 17.8 Å². The molecule has 21 heavy (non-hydrogen) atoms. The molecule has 4 heteroatoms. The molecule has 2 heterocycles. The molecule has 0 unspecified atom stereocenters. The highest BCUT2D eigenvalue weighted by Gasteiger charge is 2.25. The molecule has 2 aliphatic rings. The molecule has 1 aliphatic carbocycles. The smallest absolute Gasteiger partial charge is 0.119 e. The number of thiazole rings is 1. The monoisotopic (exact) mass is 300 g/mol. The first-order valence-electron chi connectivity index (χ1n) is 7.73. The average Bonchev–Trinajstić information content (AvgIpc) is 2.99. The molecule has 1 N–H and O–H groups in total. The first kappa shape index (κ1) is 13.3. The van der Waals surface area contributed by atoms with Crippen molar-refractivity contribution in [1.82, 2.24) is 10.3 Å². The second-order valence-electron chi connectivity index (χ2n) is 5.87. The van der Waals surface area contributed by atoms with Crippen LogP contribution in [-0.4, -0.2) is 25.2 Å². The summed E-state index contributed by atoms with van der Waals surface area (Å²) in [5, 5.41) is 4.79. The molecule has 0 spiro atoms. The standard InChI is InChI=1S/C17H20N2OS/c1-20-13-3-4-14-12(10-13)2-5-15-16(14)19-17(21-15)11-6-8-18-9-7-11/h3-4,10-11,18H,2,5-9H2,1H3. The van der Waals surface area contributed by atoms with E-state index in [-0.39, 0.29) is 0 Å². The minimum Gasteiger partial charge on any atom is -0.497 e. The highest BCUT2D eigenvalue weighted by atomic mass is 32.1. The number of ether oxygens (including phenoxy) is 1. The van der Waals surface area contributed by atoms with Crippen molar-refractivity contribution in [3.63, 3.8) is 0 Å². The molecule has 1 saturated heterocycles. The normalized spacial score (nSPS) is 18.1. The Hall–Kier alpha value is -1.39. The number of rotatable bonds is 2. The quantitative estimate of drug-likeness (QED) is 0.923. The molecular formula is C17H20N2OS. The molecule has 2 aromatic rings. The van der Waals surface area contributed by atoms with Gasteiger partial charge in [-0.25, -0.2) is 4.98 Å². The molecule has 4 rings (SSSR count). The summed E-state index contributed by atoms with van der Waals surface area (Å²) in [5.74, 6) is 1.61. The number of piperidine rings is 1. The average molecular weight is 300 g/mol. The fraction of sp³-hybridized carbons (Fsp3) is 0.471. The Morgan fingerprint density at radius 3 is 2.90 bits per heavy atom. The maximum absolute atomic E-state index is 5.34. The van der Waals surface area contributed by atoms with E-state index >= 15 is 0 Å². The number of benzene rings is 1. The molecule has 0 radical (unpaired) electrons. The van der Waals surface area contributed by atoms with Crippen molar-refractivity contribution >= 4 is 11.3 Å². The molecule has 0 atom stereocenters. The molecule has 0 amide bonds. The number of nitrogens with one attached hydrogen (secondary N) is 1. The summed E-state index contributed by atoms with van der Waals surface area (Å²) in [7, 11) is 1.73. The lowest BCUT2D eigenvalue weighted by atomic mass is 9.93. The van der Waals surface area contributed by atoms with Crippen molar-refractivity contribution in [2.45, 2.75) is 31.6 Å². The van der Waals surface area contributed by atoms with Gasteiger partial charge in [-0.2, -0.15) is 0 Å². The molecule has 0 bridgehead atoms. The van der Waals surface area contributed by atoms with Gasteiger partial charge >= 0.3 is 0 Å². The predicted molar refractivity (Wildman–Crippen MR) is 86.4 cm³/mol. The van der Waals surface area contributed by atoms with Gasteiger partial charge in [0.25, 0.3) is 0 Å². The molecule has 1 fully saturated rings. The Morgan fingerprint density at radius 2 is 2.10 bits per heavy atom. The van der Waals surface area contributed by atoms with E-state index < -0.39 is 0 Å². The minimum atomic E-state index is 0.656. The van der Waals surface area contributed by atoms with Gasteiger partial charge in [0, 0.05) is 16.4 Å². The van der Waals surface area contributed by atoms with Gasteiger partial charge in [0.1, 0.15) is 5.75 Å². The molecule has 110 valence electrons. The third kappa shape index (κ3) is 2.36. The van der Waals surface area contributed by atoms with E-state index in [1.54, 1.807) is 7.11 Å². The number of aromatic nitrogens is 1. The molecular weight excluding hydrogens is 280 g/mol. The van der Waals surface area contributed by atoms with Crippen LogP contribution in [0.2, 0.25) is 0 Å². The Kier molecular flexibility index (Phi) is 3.43. The van der Waals surface area contributed by atoms with E-state index in [4.69, 9.17) is 9.72 Å². The van der Waals surface area contributed by atoms with Crippen molar-refractivity contribution < 1.29 is 4.74 Å². The summed E-state index contributed by atoms with van der Waals surface area (Å²) in [5.41, 5.74) is 3.93. The lowest BCUT2D eigenvalue weighted by Gasteiger charge is -2.20. The topological polar surface area (TPSA) is 34.1 Å². The van der Waals surface area contributed by atoms with Crippen LogP contribution in [0.3, 0.4) is 0 Å². The maximum Gasteiger partial charge on any atom is 0.119 e. The van der Waals surface area contributed by atoms with Gasteiger partial charge in [-0.3, -0.25) is 0 Å². The first-order valence-corrected chi connectivity index (χ1v) is 8.54. The zero-order valence-electron chi connectivity index (χ0n) is 12.3. The SMILES string of the molecule is COc1ccc2c(c1)CCc1sc(C3CCNCC3)nc1-2. The number of hydrogen-bond donors (Lipinski definition) is 1. The van der Waals surface area contributed by atoms with Crippen LogP contribution in [0.5, 0.6) is 5.75 Å². The summed E-state index contributed by atoms with van der Waals surface area (Å²) in [6.07, 6.45) is 4.68. The molecule has 3 nitrogen and oxygen atoms in total. The fourth-order valence-electron chi connectivity index (χ4n) is 3.38. The minimum absolute atomic E-state index is 0.656. The van der Waals surface area contributed by atoms with Gasteiger partial charge < -0.3 is 10.1 Å². The summed E-state index contributed by atoms with van der Waals surface area (Å²) in [6, 6.07) is 6.40. The van der Waals surface area contributed by atoms with Gasteiger partial charge in [-0.1, -0.05) is 0 Å². The third-order valence-electron chi connectivity index (χ3n) is 4.59. The number of nitrogens with zero attached hydrogens (tertiary/aromatic N) is 1. The van der Waals surface area contributed by atoms with E-state index in [2.05, 4.69) is 23.5 Å². The van der Waals surface area contributed by atoms with E-state index in [1.807, 2.05) is 11.3 Å². The summed E-state index contributed by atoms with van der Waals surface area (Å²) in [6.45, 7) is 2.26. The fourth-order valence-corrected chi connectivity index (χ4v) is 4.62. The number of hydrogen-bond acceptors (Lipinski definition) is 4. The van der Waals surface area contributed by atoms with E-state index in [9.17, 15) is 0 Å². The molecule has 1 aliphatic heterocycles. The predicted octanol–water partition coefficient (Wildman–Crippen LogP) is 3.38. The lowest BCUT2D eigenvalue weighted by molar-refractivity contribution is 0.414. The van der Waals surface area contributed by atoms with Gasteiger partial charge in [-0.15, -0.1) is 11.3 Å². The second kappa shape index (κ2) is 5.43. The van der Waals surface area contributed by atoms with Gasteiger partial charge in [-0.05, 0) is 62.5 Å². The summed E-state index contributed by atoms with van der Waals surface area (Å²) < 4.78 is 5.34. The van der Waals surface area contributed by atoms with Crippen LogP contribution in [0.4, 0.5) is 0 Å². The van der Waals surface area contributed by atoms with Crippen LogP contribution in [-0.2, 0) is 12.8 Å². The number of aryl methyl sites for hydroxylation is 2. The van der Waals surface area contributed by atoms with Crippen molar-refractivity contribution in [2.24, 2.45) is 0 Å². The zero-order valence-corrected chi connectivity index (χ0v) is 13.1. The Balaban J connectivity index is 1.71. The van der Waals surface area contributed by atoms with Crippen molar-refractivity contribution in [3.8, 4) is 17.0 Å². The maximum atomic E-state index is 5.34. The van der Waals surface area contributed by atoms with Gasteiger partial charge in [0.2, 0.25) is 0 Å². The van der Waals surface area contributed by atoms with E-state index in [1.165, 1.54) is 39.5 Å². The highest BCUT2D eigenvalue weighted by Crippen LogP contribution is 2.40. The van der Waals surface area contributed by atoms with Crippen molar-refractivity contribution in [2.75, 3.05) is 20.2 Å². The molecule has 1 aromatic carbocycles. The molecule has 1 aromatic heterocycles. The number of fused-ring (bicyclic) bond motifs is 3. The van der Waals surface area contributed by atoms with Crippen LogP contribution in [0.15, 0.2) is 18.2 Å². The number of methoxy groups -OCH3 is 1. The molecule has 0 saturated carbocycles. The van der Waals surface area contributed by atoms with Crippen LogP contribution in [0.1, 0.15) is 34.2 Å². The lowest BCUT2D eigenvalue weighted by Crippen LogP contribution is -2.26. The second-order valence-corrected chi connectivity index (χ2v) is 6.99. The summed E-state index contributed by atoms with van der Waals surface area (Å²) in [4.78, 5) is 6.49. The van der Waals surface area contributed by atoms with Gasteiger partial charge in [0.15, 0.2) is 0 Å². The van der Waals surface area contributed by atoms with Crippen molar-refractivity contribution in [1.29, 1.82) is 0 Å². The van der Waals surface area contributed by atoms with Crippen LogP contribution in [0, 0.1) is 0 Å². The highest BCUT2D eigenvalue weighted by molar-refractivity contribution is 7.12. The van der Waals surface area contributed by atoms with Crippen LogP contribution in [0.25, 0.3) is 11.3 Å². The van der Waals surface area contributed by atoms with Crippen LogP contribution >= 0.6 is 11.3 Å². The van der Waals surface area contributed by atoms with Crippen molar-refractivity contribution in [3.05, 3.63) is 33.6 Å². The Morgan fingerprint density at radius 1 is 1.24 bits per heavy atom. The first-order chi connectivity index (χ1) is 10.3. The Bertz CT molecular complexity index is 659. The van der Waals surface area contributed by atoms with Crippen LogP contribution < -0.4 is 10.1 Å². The summed E-state index contributed by atoms with van der Waals surface area (Å²) >= 11 is 1.95. The van der Waals surface area contributed by atoms with E-state index in [0.29, 0.717) is 5.92 Å². The van der Waals surface area contributed by atoms with E-state index in [0.717, 1.165) is 31.7 Å².